The first kappa shape index (κ1) is 28.4. The predicted octanol–water partition coefficient (Wildman–Crippen LogP) is 5.91. The van der Waals surface area contributed by atoms with E-state index in [1.165, 1.54) is 12.5 Å². The van der Waals surface area contributed by atoms with Gasteiger partial charge in [-0.15, -0.1) is 0 Å². The molecule has 0 fully saturated rings. The molecular formula is C32H31N3O4S2. The molecule has 0 bridgehead atoms. The Labute approximate surface area is 241 Å². The van der Waals surface area contributed by atoms with Gasteiger partial charge in [0, 0.05) is 48.5 Å². The van der Waals surface area contributed by atoms with Crippen LogP contribution in [0.3, 0.4) is 0 Å². The summed E-state index contributed by atoms with van der Waals surface area (Å²) in [7, 11) is -4.69. The number of hydrogen-bond donors (Lipinski definition) is 0. The van der Waals surface area contributed by atoms with E-state index in [4.69, 9.17) is 4.98 Å². The molecule has 5 rings (SSSR count). The van der Waals surface area contributed by atoms with Crippen LogP contribution in [0.25, 0.3) is 33.8 Å². The van der Waals surface area contributed by atoms with Gasteiger partial charge < -0.3 is 4.57 Å². The van der Waals surface area contributed by atoms with Crippen LogP contribution in [-0.4, -0.2) is 43.9 Å². The number of fused-ring (bicyclic) bond motifs is 1. The van der Waals surface area contributed by atoms with Crippen molar-refractivity contribution in [3.63, 3.8) is 0 Å². The van der Waals surface area contributed by atoms with E-state index in [0.29, 0.717) is 0 Å². The summed E-state index contributed by atoms with van der Waals surface area (Å²) in [6.07, 6.45) is 8.07. The van der Waals surface area contributed by atoms with E-state index in [1.54, 1.807) is 44.3 Å². The van der Waals surface area contributed by atoms with Gasteiger partial charge in [-0.3, -0.25) is 0 Å². The Morgan fingerprint density at radius 2 is 1.61 bits per heavy atom. The summed E-state index contributed by atoms with van der Waals surface area (Å²) in [6, 6.07) is 24.3. The summed E-state index contributed by atoms with van der Waals surface area (Å²) < 4.78 is 49.5. The maximum atomic E-state index is 12.3. The number of aryl methyl sites for hydroxylation is 1. The number of imidazole rings is 1. The Morgan fingerprint density at radius 3 is 2.24 bits per heavy atom. The third kappa shape index (κ3) is 5.73. The molecule has 0 N–H and O–H groups in total. The first-order valence-electron chi connectivity index (χ1n) is 13.0. The zero-order chi connectivity index (χ0) is 29.6. The van der Waals surface area contributed by atoms with Crippen LogP contribution in [0.15, 0.2) is 96.2 Å². The van der Waals surface area contributed by atoms with Gasteiger partial charge in [-0.05, 0) is 73.0 Å². The van der Waals surface area contributed by atoms with Crippen LogP contribution >= 0.6 is 0 Å². The van der Waals surface area contributed by atoms with Crippen LogP contribution in [0.1, 0.15) is 36.4 Å². The predicted molar refractivity (Wildman–Crippen MR) is 165 cm³/mol. The lowest BCUT2D eigenvalue weighted by atomic mass is 9.98. The van der Waals surface area contributed by atoms with E-state index in [1.807, 2.05) is 78.5 Å². The summed E-state index contributed by atoms with van der Waals surface area (Å²) in [6.45, 7) is 3.42. The number of pyridine rings is 1. The fraction of sp³-hybridized carbons (Fsp3) is 0.188. The van der Waals surface area contributed by atoms with E-state index in [0.717, 1.165) is 50.2 Å². The first-order valence-corrected chi connectivity index (χ1v) is 16.7. The number of nitrogens with zero attached hydrogens (tertiary/aromatic N) is 3. The van der Waals surface area contributed by atoms with Gasteiger partial charge in [-0.2, -0.15) is 0 Å². The summed E-state index contributed by atoms with van der Waals surface area (Å²) in [4.78, 5) is 9.66. The minimum Gasteiger partial charge on any atom is -0.334 e. The van der Waals surface area contributed by atoms with Crippen molar-refractivity contribution >= 4 is 42.2 Å². The minimum atomic E-state index is -3.31. The van der Waals surface area contributed by atoms with Gasteiger partial charge in [0.2, 0.25) is 0 Å². The Hall–Kier alpha value is -4.08. The van der Waals surface area contributed by atoms with Crippen LogP contribution < -0.4 is 0 Å². The Bertz CT molecular complexity index is 2020. The van der Waals surface area contributed by atoms with Crippen molar-refractivity contribution in [2.45, 2.75) is 23.5 Å². The van der Waals surface area contributed by atoms with Crippen LogP contribution in [0.4, 0.5) is 0 Å². The van der Waals surface area contributed by atoms with Crippen molar-refractivity contribution in [2.24, 2.45) is 7.05 Å². The molecule has 7 nitrogen and oxygen atoms in total. The van der Waals surface area contributed by atoms with Gasteiger partial charge in [0.15, 0.2) is 19.7 Å². The third-order valence-electron chi connectivity index (χ3n) is 7.46. The highest BCUT2D eigenvalue weighted by molar-refractivity contribution is 7.91. The third-order valence-corrected chi connectivity index (χ3v) is 10.7. The molecule has 2 heterocycles. The summed E-state index contributed by atoms with van der Waals surface area (Å²) in [5.74, 6) is 0.749. The summed E-state index contributed by atoms with van der Waals surface area (Å²) >= 11 is 0. The van der Waals surface area contributed by atoms with Crippen molar-refractivity contribution in [3.05, 3.63) is 114 Å². The number of sulfone groups is 2. The highest BCUT2D eigenvalue weighted by Gasteiger charge is 2.32. The molecule has 5 aromatic rings. The topological polar surface area (TPSA) is 99.0 Å². The zero-order valence-electron chi connectivity index (χ0n) is 23.5. The molecule has 0 atom stereocenters. The highest BCUT2D eigenvalue weighted by atomic mass is 32.2. The molecule has 0 spiro atoms. The molecule has 0 radical (unpaired) electrons. The van der Waals surface area contributed by atoms with E-state index in [9.17, 15) is 16.8 Å². The number of benzene rings is 3. The lowest BCUT2D eigenvalue weighted by Gasteiger charge is -2.23. The van der Waals surface area contributed by atoms with Gasteiger partial charge in [0.25, 0.3) is 0 Å². The second kappa shape index (κ2) is 10.4. The van der Waals surface area contributed by atoms with E-state index in [2.05, 4.69) is 4.98 Å². The van der Waals surface area contributed by atoms with Gasteiger partial charge in [-0.25, -0.2) is 26.8 Å². The molecule has 0 unspecified atom stereocenters. The molecule has 210 valence electrons. The van der Waals surface area contributed by atoms with Crippen molar-refractivity contribution in [1.82, 2.24) is 14.5 Å². The second-order valence-corrected chi connectivity index (χ2v) is 15.3. The Morgan fingerprint density at radius 1 is 0.878 bits per heavy atom. The van der Waals surface area contributed by atoms with Crippen molar-refractivity contribution < 1.29 is 16.8 Å². The first-order chi connectivity index (χ1) is 19.2. The monoisotopic (exact) mass is 585 g/mol. The molecule has 9 heteroatoms. The van der Waals surface area contributed by atoms with E-state index >= 15 is 0 Å². The lowest BCUT2D eigenvalue weighted by molar-refractivity contribution is 0.561. The molecule has 0 aliphatic carbocycles. The number of rotatable bonds is 7. The molecule has 0 aliphatic heterocycles. The fourth-order valence-electron chi connectivity index (χ4n) is 4.61. The SMILES string of the molecule is Cn1ccnc1/C(=C\c1cccc(-c2ccc3cc(C(C)(C)S(C)(=O)=O)ccc3n2)c1)c1ccc(S(C)(=O)=O)cc1. The summed E-state index contributed by atoms with van der Waals surface area (Å²) in [5.41, 5.74) is 5.83. The minimum absolute atomic E-state index is 0.261. The average molecular weight is 586 g/mol. The van der Waals surface area contributed by atoms with Crippen LogP contribution in [0.5, 0.6) is 0 Å². The molecule has 41 heavy (non-hydrogen) atoms. The zero-order valence-corrected chi connectivity index (χ0v) is 25.2. The van der Waals surface area contributed by atoms with Gasteiger partial charge >= 0.3 is 0 Å². The van der Waals surface area contributed by atoms with Gasteiger partial charge in [-0.1, -0.05) is 42.5 Å². The van der Waals surface area contributed by atoms with E-state index < -0.39 is 24.4 Å². The van der Waals surface area contributed by atoms with Crippen molar-refractivity contribution in [1.29, 1.82) is 0 Å². The van der Waals surface area contributed by atoms with Gasteiger partial charge in [0.05, 0.1) is 20.9 Å². The molecule has 2 aromatic heterocycles. The van der Waals surface area contributed by atoms with Crippen LogP contribution in [0.2, 0.25) is 0 Å². The van der Waals surface area contributed by atoms with Crippen molar-refractivity contribution in [2.75, 3.05) is 12.5 Å². The number of hydrogen-bond acceptors (Lipinski definition) is 6. The molecule has 0 saturated heterocycles. The second-order valence-electron chi connectivity index (χ2n) is 10.7. The summed E-state index contributed by atoms with van der Waals surface area (Å²) in [5, 5.41) is 0.869. The maximum absolute atomic E-state index is 12.3. The normalized spacial score (nSPS) is 13.0. The smallest absolute Gasteiger partial charge is 0.175 e. The molecule has 3 aromatic carbocycles. The van der Waals surface area contributed by atoms with Crippen LogP contribution in [0, 0.1) is 0 Å². The van der Waals surface area contributed by atoms with Crippen molar-refractivity contribution in [3.8, 4) is 11.3 Å². The van der Waals surface area contributed by atoms with Gasteiger partial charge in [0.1, 0.15) is 5.82 Å². The highest BCUT2D eigenvalue weighted by Crippen LogP contribution is 2.32. The largest absolute Gasteiger partial charge is 0.334 e. The quantitative estimate of drug-likeness (QED) is 0.220. The molecule has 0 amide bonds. The maximum Gasteiger partial charge on any atom is 0.175 e. The lowest BCUT2D eigenvalue weighted by Crippen LogP contribution is -2.27. The average Bonchev–Trinajstić information content (AvgIpc) is 3.35. The molecule has 0 aliphatic rings. The fourth-order valence-corrected chi connectivity index (χ4v) is 5.80. The Kier molecular flexibility index (Phi) is 7.21. The van der Waals surface area contributed by atoms with E-state index in [-0.39, 0.29) is 4.90 Å². The van der Waals surface area contributed by atoms with Crippen LogP contribution in [-0.2, 0) is 31.5 Å². The molecule has 0 saturated carbocycles. The Balaban J connectivity index is 1.55. The standard InChI is InChI=1S/C32H31N3O4S2/c1-32(2,41(5,38)39)26-12-16-30-25(21-26)11-15-29(34-30)24-8-6-7-22(19-24)20-28(31-33-17-18-35(31)3)23-9-13-27(14-10-23)40(4,36)37/h6-21H,1-5H3/b28-20-. The molecular weight excluding hydrogens is 555 g/mol. The number of aromatic nitrogens is 3.